The van der Waals surface area contributed by atoms with Crippen molar-refractivity contribution >= 4 is 23.5 Å². The molecule has 1 saturated heterocycles. The molecule has 0 saturated carbocycles. The van der Waals surface area contributed by atoms with Crippen molar-refractivity contribution in [2.24, 2.45) is 0 Å². The van der Waals surface area contributed by atoms with Gasteiger partial charge in [-0.15, -0.1) is 11.6 Å². The van der Waals surface area contributed by atoms with Crippen molar-refractivity contribution in [3.8, 4) is 0 Å². The lowest BCUT2D eigenvalue weighted by atomic mass is 9.98. The third-order valence-electron chi connectivity index (χ3n) is 3.67. The van der Waals surface area contributed by atoms with Crippen molar-refractivity contribution in [3.05, 3.63) is 32.9 Å². The number of halogens is 3. The Labute approximate surface area is 149 Å². The summed E-state index contributed by atoms with van der Waals surface area (Å²) in [5, 5.41) is 0. The monoisotopic (exact) mass is 396 g/mol. The molecule has 0 amide bonds. The minimum absolute atomic E-state index is 0.458. The number of esters is 2. The Hall–Kier alpha value is -2.27. The standard InChI is InChI=1S/C14H15ClF2N2O7/c1-6(20)24-5-14(4-15)10(25-7(2)21)9(17)12(26-14)19-3-8(16)11(22)18-13(19)23/h3,9-10,12H,4-5H2,1-2H3,(H,18,22,23)/t9-,10+,12-,14-/m1/s1. The van der Waals surface area contributed by atoms with Crippen LogP contribution in [0.15, 0.2) is 15.8 Å². The van der Waals surface area contributed by atoms with Gasteiger partial charge in [0.25, 0.3) is 5.56 Å². The van der Waals surface area contributed by atoms with Crippen LogP contribution in [0.1, 0.15) is 20.1 Å². The maximum absolute atomic E-state index is 14.9. The molecule has 1 N–H and O–H groups in total. The van der Waals surface area contributed by atoms with Crippen LogP contribution in [0.3, 0.4) is 0 Å². The summed E-state index contributed by atoms with van der Waals surface area (Å²) < 4.78 is 44.1. The first-order chi connectivity index (χ1) is 12.1. The average Bonchev–Trinajstić information content (AvgIpc) is 2.82. The molecule has 0 unspecified atom stereocenters. The van der Waals surface area contributed by atoms with E-state index < -0.39 is 65.6 Å². The van der Waals surface area contributed by atoms with Crippen LogP contribution >= 0.6 is 11.6 Å². The van der Waals surface area contributed by atoms with Gasteiger partial charge in [-0.2, -0.15) is 4.39 Å². The van der Waals surface area contributed by atoms with Crippen molar-refractivity contribution in [3.63, 3.8) is 0 Å². The average molecular weight is 397 g/mol. The molecular formula is C14H15ClF2N2O7. The molecule has 1 aromatic heterocycles. The van der Waals surface area contributed by atoms with Crippen LogP contribution in [0.4, 0.5) is 8.78 Å². The Morgan fingerprint density at radius 3 is 2.58 bits per heavy atom. The predicted octanol–water partition coefficient (Wildman–Crippen LogP) is 0.0150. The van der Waals surface area contributed by atoms with Crippen molar-refractivity contribution in [2.45, 2.75) is 38.0 Å². The van der Waals surface area contributed by atoms with E-state index in [0.717, 1.165) is 13.8 Å². The van der Waals surface area contributed by atoms with E-state index in [9.17, 15) is 28.0 Å². The van der Waals surface area contributed by atoms with E-state index in [4.69, 9.17) is 25.8 Å². The number of hydrogen-bond donors (Lipinski definition) is 1. The van der Waals surface area contributed by atoms with Gasteiger partial charge in [-0.05, 0) is 0 Å². The lowest BCUT2D eigenvalue weighted by Crippen LogP contribution is -2.50. The number of aromatic amines is 1. The zero-order valence-corrected chi connectivity index (χ0v) is 14.4. The summed E-state index contributed by atoms with van der Waals surface area (Å²) in [6.45, 7) is 1.52. The quantitative estimate of drug-likeness (QED) is 0.550. The Morgan fingerprint density at radius 2 is 2.04 bits per heavy atom. The van der Waals surface area contributed by atoms with Crippen LogP contribution in [0.25, 0.3) is 0 Å². The zero-order valence-electron chi connectivity index (χ0n) is 13.7. The Morgan fingerprint density at radius 1 is 1.38 bits per heavy atom. The van der Waals surface area contributed by atoms with Gasteiger partial charge in [0.2, 0.25) is 5.82 Å². The van der Waals surface area contributed by atoms with E-state index in [2.05, 4.69) is 0 Å². The van der Waals surface area contributed by atoms with E-state index in [0.29, 0.717) is 10.8 Å². The molecule has 0 radical (unpaired) electrons. The smallest absolute Gasteiger partial charge is 0.330 e. The van der Waals surface area contributed by atoms with Crippen LogP contribution in [-0.4, -0.2) is 51.9 Å². The second kappa shape index (κ2) is 7.54. The molecule has 144 valence electrons. The van der Waals surface area contributed by atoms with Crippen molar-refractivity contribution in [1.29, 1.82) is 0 Å². The largest absolute Gasteiger partial charge is 0.463 e. The Bertz CT molecular complexity index is 826. The van der Waals surface area contributed by atoms with Crippen LogP contribution in [0.2, 0.25) is 0 Å². The summed E-state index contributed by atoms with van der Waals surface area (Å²) in [6.07, 6.45) is -5.15. The molecule has 4 atom stereocenters. The lowest BCUT2D eigenvalue weighted by Gasteiger charge is -2.30. The van der Waals surface area contributed by atoms with Gasteiger partial charge in [0, 0.05) is 13.8 Å². The zero-order chi connectivity index (χ0) is 19.6. The van der Waals surface area contributed by atoms with Gasteiger partial charge in [0.05, 0.1) is 12.1 Å². The second-order valence-electron chi connectivity index (χ2n) is 5.61. The van der Waals surface area contributed by atoms with Crippen molar-refractivity contribution < 1.29 is 32.6 Å². The van der Waals surface area contributed by atoms with Crippen molar-refractivity contribution in [1.82, 2.24) is 9.55 Å². The number of nitrogens with one attached hydrogen (secondary N) is 1. The summed E-state index contributed by atoms with van der Waals surface area (Å²) in [4.78, 5) is 47.1. The van der Waals surface area contributed by atoms with E-state index in [1.807, 2.05) is 0 Å². The first kappa shape index (κ1) is 20.0. The number of alkyl halides is 2. The van der Waals surface area contributed by atoms with E-state index >= 15 is 0 Å². The molecule has 1 aromatic rings. The number of H-pyrrole nitrogens is 1. The molecule has 9 nitrogen and oxygen atoms in total. The molecule has 12 heteroatoms. The molecule has 2 heterocycles. The van der Waals surface area contributed by atoms with Gasteiger partial charge >= 0.3 is 17.6 Å². The first-order valence-electron chi connectivity index (χ1n) is 7.30. The number of aromatic nitrogens is 2. The lowest BCUT2D eigenvalue weighted by molar-refractivity contribution is -0.171. The third kappa shape index (κ3) is 3.78. The summed E-state index contributed by atoms with van der Waals surface area (Å²) in [7, 11) is 0. The minimum Gasteiger partial charge on any atom is -0.463 e. The first-order valence-corrected chi connectivity index (χ1v) is 7.84. The molecule has 0 bridgehead atoms. The molecule has 1 fully saturated rings. The van der Waals surface area contributed by atoms with Gasteiger partial charge in [0.1, 0.15) is 6.61 Å². The van der Waals surface area contributed by atoms with Gasteiger partial charge < -0.3 is 14.2 Å². The van der Waals surface area contributed by atoms with Crippen LogP contribution in [-0.2, 0) is 23.8 Å². The highest BCUT2D eigenvalue weighted by Crippen LogP contribution is 2.41. The summed E-state index contributed by atoms with van der Waals surface area (Å²) in [5.41, 5.74) is -4.27. The number of ether oxygens (including phenoxy) is 3. The normalized spacial score (nSPS) is 28.0. The number of nitrogens with zero attached hydrogens (tertiary/aromatic N) is 1. The van der Waals surface area contributed by atoms with Crippen molar-refractivity contribution in [2.75, 3.05) is 12.5 Å². The fourth-order valence-corrected chi connectivity index (χ4v) is 2.80. The Balaban J connectivity index is 2.49. The van der Waals surface area contributed by atoms with Crippen LogP contribution < -0.4 is 11.2 Å². The van der Waals surface area contributed by atoms with Crippen LogP contribution in [0, 0.1) is 5.82 Å². The number of carbonyl (C=O) groups excluding carboxylic acids is 2. The minimum atomic E-state index is -2.17. The maximum Gasteiger partial charge on any atom is 0.330 e. The predicted molar refractivity (Wildman–Crippen MR) is 81.9 cm³/mol. The van der Waals surface area contributed by atoms with E-state index in [-0.39, 0.29) is 0 Å². The molecule has 1 aliphatic rings. The number of hydrogen-bond acceptors (Lipinski definition) is 7. The highest BCUT2D eigenvalue weighted by Gasteiger charge is 2.59. The SMILES string of the molecule is CC(=O)OC[C@@]1(CCl)O[C@@H](n2cc(F)c(=O)[nH]c2=O)[C@H](F)[C@@H]1OC(C)=O. The molecule has 2 rings (SSSR count). The van der Waals surface area contributed by atoms with Gasteiger partial charge in [-0.3, -0.25) is 23.9 Å². The summed E-state index contributed by atoms with van der Waals surface area (Å²) >= 11 is 5.85. The maximum atomic E-state index is 14.9. The fourth-order valence-electron chi connectivity index (χ4n) is 2.51. The van der Waals surface area contributed by atoms with Crippen LogP contribution in [0.5, 0.6) is 0 Å². The van der Waals surface area contributed by atoms with E-state index in [1.54, 1.807) is 4.98 Å². The highest BCUT2D eigenvalue weighted by atomic mass is 35.5. The molecular weight excluding hydrogens is 382 g/mol. The molecule has 1 aliphatic heterocycles. The molecule has 26 heavy (non-hydrogen) atoms. The summed E-state index contributed by atoms with van der Waals surface area (Å²) in [5.74, 6) is -3.44. The van der Waals surface area contributed by atoms with Gasteiger partial charge in [-0.1, -0.05) is 0 Å². The Kier molecular flexibility index (Phi) is 5.81. The topological polar surface area (TPSA) is 117 Å². The molecule has 0 spiro atoms. The molecule has 0 aromatic carbocycles. The van der Waals surface area contributed by atoms with Gasteiger partial charge in [-0.25, -0.2) is 9.18 Å². The van der Waals surface area contributed by atoms with Gasteiger partial charge in [0.15, 0.2) is 24.1 Å². The fraction of sp³-hybridized carbons (Fsp3) is 0.571. The number of carbonyl (C=O) groups is 2. The second-order valence-corrected chi connectivity index (χ2v) is 5.87. The third-order valence-corrected chi connectivity index (χ3v) is 4.13. The van der Waals surface area contributed by atoms with E-state index in [1.165, 1.54) is 0 Å². The number of rotatable bonds is 5. The summed E-state index contributed by atoms with van der Waals surface area (Å²) in [6, 6.07) is 0. The molecule has 0 aliphatic carbocycles. The highest BCUT2D eigenvalue weighted by molar-refractivity contribution is 6.18.